The number of benzene rings is 1. The molecule has 0 radical (unpaired) electrons. The van der Waals surface area contributed by atoms with Gasteiger partial charge in [0.1, 0.15) is 0 Å². The standard InChI is InChI=1S/C14H21N3O2/c18-11-10-16(12-13-4-2-1-3-5-13)8-9-17-7-6-15-14(17)19/h1-5,18H,6-12H2,(H,15,19). The van der Waals surface area contributed by atoms with Gasteiger partial charge in [0.25, 0.3) is 0 Å². The first-order valence-electron chi connectivity index (χ1n) is 6.69. The molecule has 0 aliphatic carbocycles. The van der Waals surface area contributed by atoms with Crippen molar-refractivity contribution in [3.63, 3.8) is 0 Å². The molecule has 0 saturated carbocycles. The molecule has 2 rings (SSSR count). The summed E-state index contributed by atoms with van der Waals surface area (Å²) < 4.78 is 0. The Bertz CT molecular complexity index is 397. The molecular formula is C14H21N3O2. The highest BCUT2D eigenvalue weighted by atomic mass is 16.3. The van der Waals surface area contributed by atoms with Crippen molar-refractivity contribution in [3.05, 3.63) is 35.9 Å². The average Bonchev–Trinajstić information content (AvgIpc) is 2.83. The summed E-state index contributed by atoms with van der Waals surface area (Å²) in [6, 6.07) is 10.2. The molecule has 1 aromatic carbocycles. The first kappa shape index (κ1) is 13.8. The lowest BCUT2D eigenvalue weighted by molar-refractivity contribution is 0.171. The smallest absolute Gasteiger partial charge is 0.317 e. The fraction of sp³-hybridized carbons (Fsp3) is 0.500. The Morgan fingerprint density at radius 3 is 2.68 bits per heavy atom. The number of carbonyl (C=O) groups is 1. The van der Waals surface area contributed by atoms with Crippen LogP contribution in [0.1, 0.15) is 5.56 Å². The molecule has 2 N–H and O–H groups in total. The fourth-order valence-electron chi connectivity index (χ4n) is 2.24. The highest BCUT2D eigenvalue weighted by Crippen LogP contribution is 2.05. The van der Waals surface area contributed by atoms with Gasteiger partial charge in [-0.2, -0.15) is 0 Å². The van der Waals surface area contributed by atoms with Gasteiger partial charge in [0.2, 0.25) is 0 Å². The number of nitrogens with one attached hydrogen (secondary N) is 1. The van der Waals surface area contributed by atoms with Crippen molar-refractivity contribution in [1.82, 2.24) is 15.1 Å². The van der Waals surface area contributed by atoms with E-state index in [0.717, 1.165) is 26.2 Å². The third-order valence-corrected chi connectivity index (χ3v) is 3.30. The van der Waals surface area contributed by atoms with E-state index >= 15 is 0 Å². The van der Waals surface area contributed by atoms with Crippen LogP contribution in [0.4, 0.5) is 4.79 Å². The van der Waals surface area contributed by atoms with E-state index in [1.54, 1.807) is 0 Å². The maximum Gasteiger partial charge on any atom is 0.317 e. The molecule has 0 atom stereocenters. The van der Waals surface area contributed by atoms with Gasteiger partial charge in [0, 0.05) is 39.3 Å². The minimum absolute atomic E-state index is 0.0173. The minimum Gasteiger partial charge on any atom is -0.395 e. The zero-order valence-corrected chi connectivity index (χ0v) is 11.1. The van der Waals surface area contributed by atoms with E-state index in [2.05, 4.69) is 22.3 Å². The van der Waals surface area contributed by atoms with Gasteiger partial charge in [-0.05, 0) is 5.56 Å². The lowest BCUT2D eigenvalue weighted by Crippen LogP contribution is -2.37. The zero-order valence-electron chi connectivity index (χ0n) is 11.1. The highest BCUT2D eigenvalue weighted by molar-refractivity contribution is 5.76. The molecule has 104 valence electrons. The summed E-state index contributed by atoms with van der Waals surface area (Å²) in [4.78, 5) is 15.4. The van der Waals surface area contributed by atoms with Crippen molar-refractivity contribution < 1.29 is 9.90 Å². The van der Waals surface area contributed by atoms with E-state index in [9.17, 15) is 4.79 Å². The van der Waals surface area contributed by atoms with Crippen molar-refractivity contribution in [3.8, 4) is 0 Å². The number of hydrogen-bond donors (Lipinski definition) is 2. The molecule has 1 saturated heterocycles. The summed E-state index contributed by atoms with van der Waals surface area (Å²) in [5.41, 5.74) is 1.22. The molecule has 0 aromatic heterocycles. The number of urea groups is 1. The molecule has 5 heteroatoms. The molecule has 19 heavy (non-hydrogen) atoms. The van der Waals surface area contributed by atoms with Crippen LogP contribution in [0.25, 0.3) is 0 Å². The second-order valence-electron chi connectivity index (χ2n) is 4.70. The van der Waals surface area contributed by atoms with Crippen molar-refractivity contribution in [1.29, 1.82) is 0 Å². The van der Waals surface area contributed by atoms with Crippen molar-refractivity contribution >= 4 is 6.03 Å². The second kappa shape index (κ2) is 7.11. The van der Waals surface area contributed by atoms with Gasteiger partial charge in [-0.3, -0.25) is 4.90 Å². The number of carbonyl (C=O) groups excluding carboxylic acids is 1. The molecule has 0 spiro atoms. The molecule has 1 aromatic rings. The van der Waals surface area contributed by atoms with Crippen molar-refractivity contribution in [2.75, 3.05) is 39.3 Å². The normalized spacial score (nSPS) is 15.1. The van der Waals surface area contributed by atoms with Crippen LogP contribution >= 0.6 is 0 Å². The van der Waals surface area contributed by atoms with Gasteiger partial charge in [-0.15, -0.1) is 0 Å². The SMILES string of the molecule is O=C1NCCN1CCN(CCO)Cc1ccccc1. The number of nitrogens with zero attached hydrogens (tertiary/aromatic N) is 2. The van der Waals surface area contributed by atoms with Crippen LogP contribution in [-0.2, 0) is 6.54 Å². The van der Waals surface area contributed by atoms with Gasteiger partial charge in [-0.25, -0.2) is 4.79 Å². The van der Waals surface area contributed by atoms with Gasteiger partial charge in [-0.1, -0.05) is 30.3 Å². The predicted octanol–water partition coefficient (Wildman–Crippen LogP) is 0.506. The molecule has 1 aliphatic heterocycles. The average molecular weight is 263 g/mol. The molecule has 2 amide bonds. The summed E-state index contributed by atoms with van der Waals surface area (Å²) in [6.07, 6.45) is 0. The molecule has 1 aliphatic rings. The van der Waals surface area contributed by atoms with E-state index in [4.69, 9.17) is 5.11 Å². The van der Waals surface area contributed by atoms with Crippen LogP contribution in [0.5, 0.6) is 0 Å². The van der Waals surface area contributed by atoms with E-state index in [1.807, 2.05) is 23.1 Å². The zero-order chi connectivity index (χ0) is 13.5. The second-order valence-corrected chi connectivity index (χ2v) is 4.70. The fourth-order valence-corrected chi connectivity index (χ4v) is 2.24. The molecule has 5 nitrogen and oxygen atoms in total. The van der Waals surface area contributed by atoms with Crippen LogP contribution in [0, 0.1) is 0 Å². The number of aliphatic hydroxyl groups excluding tert-OH is 1. The molecule has 1 fully saturated rings. The summed E-state index contributed by atoms with van der Waals surface area (Å²) in [6.45, 7) is 4.57. The maximum absolute atomic E-state index is 11.4. The van der Waals surface area contributed by atoms with Crippen LogP contribution in [0.15, 0.2) is 30.3 Å². The first-order valence-corrected chi connectivity index (χ1v) is 6.69. The Morgan fingerprint density at radius 2 is 2.05 bits per heavy atom. The third kappa shape index (κ3) is 4.22. The Kier molecular flexibility index (Phi) is 5.18. The van der Waals surface area contributed by atoms with E-state index in [0.29, 0.717) is 13.1 Å². The van der Waals surface area contributed by atoms with Gasteiger partial charge >= 0.3 is 6.03 Å². The monoisotopic (exact) mass is 263 g/mol. The predicted molar refractivity (Wildman–Crippen MR) is 73.8 cm³/mol. The van der Waals surface area contributed by atoms with Crippen LogP contribution in [0.3, 0.4) is 0 Å². The molecule has 1 heterocycles. The van der Waals surface area contributed by atoms with Crippen molar-refractivity contribution in [2.24, 2.45) is 0 Å². The van der Waals surface area contributed by atoms with Gasteiger partial charge in [0.15, 0.2) is 0 Å². The van der Waals surface area contributed by atoms with Gasteiger partial charge in [0.05, 0.1) is 6.61 Å². The van der Waals surface area contributed by atoms with E-state index in [1.165, 1.54) is 5.56 Å². The van der Waals surface area contributed by atoms with E-state index < -0.39 is 0 Å². The van der Waals surface area contributed by atoms with Crippen LogP contribution in [-0.4, -0.2) is 60.3 Å². The topological polar surface area (TPSA) is 55.8 Å². The molecule has 0 bridgehead atoms. The minimum atomic E-state index is 0.0173. The largest absolute Gasteiger partial charge is 0.395 e. The summed E-state index contributed by atoms with van der Waals surface area (Å²) >= 11 is 0. The highest BCUT2D eigenvalue weighted by Gasteiger charge is 2.19. The molecule has 0 unspecified atom stereocenters. The number of rotatable bonds is 7. The number of amides is 2. The third-order valence-electron chi connectivity index (χ3n) is 3.30. The first-order chi connectivity index (χ1) is 9.29. The summed E-state index contributed by atoms with van der Waals surface area (Å²) in [5.74, 6) is 0. The number of aliphatic hydroxyl groups is 1. The Balaban J connectivity index is 1.83. The van der Waals surface area contributed by atoms with Crippen molar-refractivity contribution in [2.45, 2.75) is 6.54 Å². The lowest BCUT2D eigenvalue weighted by Gasteiger charge is -2.24. The van der Waals surface area contributed by atoms with Crippen LogP contribution < -0.4 is 5.32 Å². The summed E-state index contributed by atoms with van der Waals surface area (Å²) in [7, 11) is 0. The summed E-state index contributed by atoms with van der Waals surface area (Å²) in [5, 5.41) is 11.9. The Morgan fingerprint density at radius 1 is 1.26 bits per heavy atom. The van der Waals surface area contributed by atoms with E-state index in [-0.39, 0.29) is 12.6 Å². The molecular weight excluding hydrogens is 242 g/mol. The van der Waals surface area contributed by atoms with Gasteiger partial charge < -0.3 is 15.3 Å². The quantitative estimate of drug-likeness (QED) is 0.753. The Labute approximate surface area is 113 Å². The number of hydrogen-bond acceptors (Lipinski definition) is 3. The Hall–Kier alpha value is -1.59. The maximum atomic E-state index is 11.4. The van der Waals surface area contributed by atoms with Crippen LogP contribution in [0.2, 0.25) is 0 Å². The lowest BCUT2D eigenvalue weighted by atomic mass is 10.2.